The van der Waals surface area contributed by atoms with E-state index in [0.717, 1.165) is 0 Å². The van der Waals surface area contributed by atoms with Gasteiger partial charge in [0, 0.05) is 7.11 Å². The third-order valence-electron chi connectivity index (χ3n) is 1.87. The lowest BCUT2D eigenvalue weighted by Gasteiger charge is -2.09. The highest BCUT2D eigenvalue weighted by molar-refractivity contribution is 6.66. The summed E-state index contributed by atoms with van der Waals surface area (Å²) in [6, 6.07) is 8.23. The Morgan fingerprint density at radius 2 is 2.08 bits per heavy atom. The largest absolute Gasteiger partial charge is 0.415 e. The van der Waals surface area contributed by atoms with E-state index in [1.54, 1.807) is 7.11 Å². The molecule has 1 rings (SSSR count). The predicted molar refractivity (Wildman–Crippen MR) is 54.8 cm³/mol. The molecule has 0 saturated carbocycles. The third kappa shape index (κ3) is 1.84. The number of benzene rings is 1. The second-order valence-electron chi connectivity index (χ2n) is 2.55. The van der Waals surface area contributed by atoms with E-state index in [9.17, 15) is 0 Å². The van der Waals surface area contributed by atoms with Gasteiger partial charge >= 0.3 is 0 Å². The Balaban J connectivity index is 3.04. The topological polar surface area (TPSA) is 9.23 Å². The fourth-order valence-corrected chi connectivity index (χ4v) is 2.25. The summed E-state index contributed by atoms with van der Waals surface area (Å²) >= 11 is 0. The van der Waals surface area contributed by atoms with Gasteiger partial charge in [0.15, 0.2) is 0 Å². The van der Waals surface area contributed by atoms with Crippen LogP contribution in [0.4, 0.5) is 0 Å². The maximum absolute atomic E-state index is 5.33. The van der Waals surface area contributed by atoms with Crippen LogP contribution in [-0.4, -0.2) is 16.2 Å². The van der Waals surface area contributed by atoms with Gasteiger partial charge in [-0.3, -0.25) is 0 Å². The first-order valence-corrected chi connectivity index (χ1v) is 5.79. The van der Waals surface area contributed by atoms with Gasteiger partial charge in [0.2, 0.25) is 9.04 Å². The van der Waals surface area contributed by atoms with Crippen LogP contribution in [-0.2, 0) is 4.43 Å². The van der Waals surface area contributed by atoms with Crippen molar-refractivity contribution in [3.63, 3.8) is 0 Å². The normalized spacial score (nSPS) is 10.2. The molecule has 0 aliphatic rings. The fraction of sp³-hybridized carbons (Fsp3) is 0.200. The summed E-state index contributed by atoms with van der Waals surface area (Å²) in [5, 5.41) is 1.29. The fourth-order valence-electron chi connectivity index (χ4n) is 1.11. The average Bonchev–Trinajstić information content (AvgIpc) is 2.16. The molecule has 0 spiro atoms. The van der Waals surface area contributed by atoms with Crippen molar-refractivity contribution in [1.29, 1.82) is 0 Å². The van der Waals surface area contributed by atoms with Crippen LogP contribution in [0.1, 0.15) is 5.56 Å². The van der Waals surface area contributed by atoms with Crippen LogP contribution in [0, 0.1) is 0 Å². The first kappa shape index (κ1) is 9.23. The smallest absolute Gasteiger partial charge is 0.243 e. The molecule has 0 bridgehead atoms. The highest BCUT2D eigenvalue weighted by Crippen LogP contribution is 1.99. The average molecular weight is 177 g/mol. The Hall–Kier alpha value is -0.863. The summed E-state index contributed by atoms with van der Waals surface area (Å²) in [7, 11) is 0.939. The molecule has 63 valence electrons. The molecule has 0 saturated heterocycles. The highest BCUT2D eigenvalue weighted by atomic mass is 28.3. The van der Waals surface area contributed by atoms with Crippen molar-refractivity contribution in [1.82, 2.24) is 0 Å². The van der Waals surface area contributed by atoms with Gasteiger partial charge in [0.25, 0.3) is 0 Å². The molecular formula is C10H13OSi. The zero-order valence-corrected chi connectivity index (χ0v) is 8.50. The van der Waals surface area contributed by atoms with Crippen molar-refractivity contribution in [2.75, 3.05) is 7.11 Å². The van der Waals surface area contributed by atoms with Crippen LogP contribution in [0.3, 0.4) is 0 Å². The number of hydrogen-bond donors (Lipinski definition) is 0. The standard InChI is InChI=1S/C10H13OSi/c1-4-9-7-5-6-8-10(9)12(3)11-2/h4-8H,1H2,2-3H3. The van der Waals surface area contributed by atoms with Crippen LogP contribution < -0.4 is 5.19 Å². The van der Waals surface area contributed by atoms with E-state index in [1.165, 1.54) is 10.8 Å². The van der Waals surface area contributed by atoms with E-state index in [4.69, 9.17) is 4.43 Å². The van der Waals surface area contributed by atoms with Gasteiger partial charge < -0.3 is 4.43 Å². The van der Waals surface area contributed by atoms with Gasteiger partial charge in [-0.05, 0) is 17.3 Å². The Labute approximate surface area is 75.4 Å². The van der Waals surface area contributed by atoms with Crippen molar-refractivity contribution in [2.24, 2.45) is 0 Å². The molecule has 2 heteroatoms. The molecule has 0 aliphatic carbocycles. The Morgan fingerprint density at radius 3 is 2.67 bits per heavy atom. The van der Waals surface area contributed by atoms with Crippen LogP contribution in [0.5, 0.6) is 0 Å². The molecule has 0 fully saturated rings. The summed E-state index contributed by atoms with van der Waals surface area (Å²) in [5.74, 6) is 0. The quantitative estimate of drug-likeness (QED) is 0.640. The maximum atomic E-state index is 5.33. The van der Waals surface area contributed by atoms with Gasteiger partial charge in [-0.2, -0.15) is 0 Å². The summed E-state index contributed by atoms with van der Waals surface area (Å²) in [5.41, 5.74) is 1.19. The summed E-state index contributed by atoms with van der Waals surface area (Å²) in [6.45, 7) is 5.90. The van der Waals surface area contributed by atoms with E-state index < -0.39 is 9.04 Å². The van der Waals surface area contributed by atoms with E-state index >= 15 is 0 Å². The molecule has 0 aliphatic heterocycles. The van der Waals surface area contributed by atoms with E-state index in [0.29, 0.717) is 0 Å². The minimum atomic E-state index is -0.820. The molecule has 0 unspecified atom stereocenters. The van der Waals surface area contributed by atoms with E-state index in [-0.39, 0.29) is 0 Å². The molecule has 1 radical (unpaired) electrons. The molecule has 0 N–H and O–H groups in total. The first-order valence-electron chi connectivity index (χ1n) is 3.89. The molecule has 1 aromatic carbocycles. The SMILES string of the molecule is C=Cc1ccccc1[Si](C)OC. The van der Waals surface area contributed by atoms with Crippen LogP contribution >= 0.6 is 0 Å². The number of hydrogen-bond acceptors (Lipinski definition) is 1. The van der Waals surface area contributed by atoms with E-state index in [2.05, 4.69) is 25.3 Å². The van der Waals surface area contributed by atoms with Gasteiger partial charge in [-0.1, -0.05) is 36.9 Å². The predicted octanol–water partition coefficient (Wildman–Crippen LogP) is 1.80. The minimum absolute atomic E-state index is 0.820. The Bertz CT molecular complexity index is 270. The van der Waals surface area contributed by atoms with Crippen LogP contribution in [0.15, 0.2) is 30.8 Å². The monoisotopic (exact) mass is 177 g/mol. The van der Waals surface area contributed by atoms with Crippen molar-refractivity contribution in [3.05, 3.63) is 36.4 Å². The molecule has 0 amide bonds. The van der Waals surface area contributed by atoms with Crippen molar-refractivity contribution >= 4 is 20.3 Å². The van der Waals surface area contributed by atoms with Gasteiger partial charge in [0.05, 0.1) is 0 Å². The maximum Gasteiger partial charge on any atom is 0.243 e. The minimum Gasteiger partial charge on any atom is -0.415 e. The van der Waals surface area contributed by atoms with Crippen molar-refractivity contribution < 1.29 is 4.43 Å². The number of rotatable bonds is 3. The summed E-state index contributed by atoms with van der Waals surface area (Å²) in [6.07, 6.45) is 1.88. The van der Waals surface area contributed by atoms with Gasteiger partial charge in [-0.25, -0.2) is 0 Å². The molecule has 0 heterocycles. The molecular weight excluding hydrogens is 164 g/mol. The van der Waals surface area contributed by atoms with Crippen molar-refractivity contribution in [2.45, 2.75) is 6.55 Å². The Kier molecular flexibility index (Phi) is 3.26. The Morgan fingerprint density at radius 1 is 1.42 bits per heavy atom. The lowest BCUT2D eigenvalue weighted by atomic mass is 10.2. The third-order valence-corrected chi connectivity index (χ3v) is 3.69. The summed E-state index contributed by atoms with van der Waals surface area (Å²) in [4.78, 5) is 0. The zero-order chi connectivity index (χ0) is 8.97. The van der Waals surface area contributed by atoms with Crippen molar-refractivity contribution in [3.8, 4) is 0 Å². The molecule has 1 aromatic rings. The van der Waals surface area contributed by atoms with Gasteiger partial charge in [-0.15, -0.1) is 0 Å². The zero-order valence-electron chi connectivity index (χ0n) is 7.50. The lowest BCUT2D eigenvalue weighted by Crippen LogP contribution is -2.30. The van der Waals surface area contributed by atoms with Crippen LogP contribution in [0.2, 0.25) is 6.55 Å². The van der Waals surface area contributed by atoms with Gasteiger partial charge in [0.1, 0.15) is 0 Å². The molecule has 1 nitrogen and oxygen atoms in total. The lowest BCUT2D eigenvalue weighted by molar-refractivity contribution is 0.434. The molecule has 0 atom stereocenters. The second-order valence-corrected chi connectivity index (χ2v) is 4.61. The first-order chi connectivity index (χ1) is 5.79. The van der Waals surface area contributed by atoms with Crippen LogP contribution in [0.25, 0.3) is 6.08 Å². The molecule has 12 heavy (non-hydrogen) atoms. The summed E-state index contributed by atoms with van der Waals surface area (Å²) < 4.78 is 5.33. The molecule has 0 aromatic heterocycles. The second kappa shape index (κ2) is 4.23. The van der Waals surface area contributed by atoms with E-state index in [1.807, 2.05) is 18.2 Å². The highest BCUT2D eigenvalue weighted by Gasteiger charge is 2.09.